The van der Waals surface area contributed by atoms with Crippen LogP contribution in [0.3, 0.4) is 0 Å². The normalized spacial score (nSPS) is 30.5. The molecule has 2 fully saturated rings. The lowest BCUT2D eigenvalue weighted by atomic mass is 9.81. The van der Waals surface area contributed by atoms with Crippen molar-refractivity contribution >= 4 is 6.03 Å². The third-order valence-corrected chi connectivity index (χ3v) is 4.83. The second-order valence-electron chi connectivity index (χ2n) is 6.39. The molecule has 2 N–H and O–H groups in total. The largest absolute Gasteiger partial charge is 0.389 e. The molecular weight excluding hydrogens is 290 g/mol. The molecule has 4 nitrogen and oxygen atoms in total. The van der Waals surface area contributed by atoms with E-state index in [1.807, 2.05) is 0 Å². The molecule has 3 rings (SSSR count). The quantitative estimate of drug-likeness (QED) is 0.880. The van der Waals surface area contributed by atoms with Gasteiger partial charge in [0.15, 0.2) is 0 Å². The number of nitrogens with zero attached hydrogens (tertiary/aromatic N) is 1. The molecule has 2 amide bonds. The van der Waals surface area contributed by atoms with Gasteiger partial charge in [-0.2, -0.15) is 0 Å². The Morgan fingerprint density at radius 2 is 2.00 bits per heavy atom. The Labute approximate surface area is 128 Å². The van der Waals surface area contributed by atoms with Crippen molar-refractivity contribution in [2.75, 3.05) is 7.05 Å². The number of hydrogen-bond acceptors (Lipinski definition) is 2. The van der Waals surface area contributed by atoms with Crippen LogP contribution in [0.15, 0.2) is 18.2 Å². The molecule has 2 bridgehead atoms. The van der Waals surface area contributed by atoms with E-state index >= 15 is 0 Å². The zero-order valence-electron chi connectivity index (χ0n) is 12.5. The number of halogens is 2. The van der Waals surface area contributed by atoms with Gasteiger partial charge in [-0.05, 0) is 37.3 Å². The molecule has 2 aliphatic rings. The van der Waals surface area contributed by atoms with Gasteiger partial charge in [-0.3, -0.25) is 0 Å². The first-order chi connectivity index (χ1) is 10.4. The number of aliphatic hydroxyl groups is 1. The van der Waals surface area contributed by atoms with E-state index in [1.54, 1.807) is 11.9 Å². The molecule has 1 aromatic rings. The SMILES string of the molecule is CNC(=O)N1C2CCC1CC(O)(Cc1ccc(F)cc1F)C2. The summed E-state index contributed by atoms with van der Waals surface area (Å²) in [6.07, 6.45) is 2.70. The second kappa shape index (κ2) is 5.50. The summed E-state index contributed by atoms with van der Waals surface area (Å²) < 4.78 is 26.8. The van der Waals surface area contributed by atoms with Crippen molar-refractivity contribution in [2.24, 2.45) is 0 Å². The van der Waals surface area contributed by atoms with Crippen LogP contribution in [0.25, 0.3) is 0 Å². The van der Waals surface area contributed by atoms with Gasteiger partial charge in [0.05, 0.1) is 5.60 Å². The number of benzene rings is 1. The molecule has 22 heavy (non-hydrogen) atoms. The van der Waals surface area contributed by atoms with Crippen LogP contribution in [-0.4, -0.2) is 40.8 Å². The average molecular weight is 310 g/mol. The van der Waals surface area contributed by atoms with Gasteiger partial charge in [0.2, 0.25) is 0 Å². The highest BCUT2D eigenvalue weighted by atomic mass is 19.1. The number of piperidine rings is 1. The van der Waals surface area contributed by atoms with Crippen molar-refractivity contribution < 1.29 is 18.7 Å². The average Bonchev–Trinajstić information content (AvgIpc) is 2.74. The molecule has 6 heteroatoms. The van der Waals surface area contributed by atoms with Gasteiger partial charge in [-0.25, -0.2) is 13.6 Å². The van der Waals surface area contributed by atoms with Crippen molar-refractivity contribution in [3.8, 4) is 0 Å². The number of hydrogen-bond donors (Lipinski definition) is 2. The molecule has 2 atom stereocenters. The third kappa shape index (κ3) is 2.67. The van der Waals surface area contributed by atoms with Gasteiger partial charge in [-0.15, -0.1) is 0 Å². The molecule has 0 spiro atoms. The van der Waals surface area contributed by atoms with E-state index in [9.17, 15) is 18.7 Å². The fourth-order valence-electron chi connectivity index (χ4n) is 3.95. The molecule has 0 aliphatic carbocycles. The Morgan fingerprint density at radius 1 is 1.36 bits per heavy atom. The lowest BCUT2D eigenvalue weighted by molar-refractivity contribution is -0.0385. The van der Waals surface area contributed by atoms with Gasteiger partial charge in [-0.1, -0.05) is 6.07 Å². The van der Waals surface area contributed by atoms with Gasteiger partial charge in [0.1, 0.15) is 11.6 Å². The summed E-state index contributed by atoms with van der Waals surface area (Å²) in [5.74, 6) is -1.25. The lowest BCUT2D eigenvalue weighted by Gasteiger charge is -2.43. The number of rotatable bonds is 2. The number of amides is 2. The van der Waals surface area contributed by atoms with Gasteiger partial charge in [0.25, 0.3) is 0 Å². The summed E-state index contributed by atoms with van der Waals surface area (Å²) in [6.45, 7) is 0. The van der Waals surface area contributed by atoms with Crippen LogP contribution in [0.2, 0.25) is 0 Å². The third-order valence-electron chi connectivity index (χ3n) is 4.83. The number of carbonyl (C=O) groups excluding carboxylic acids is 1. The molecule has 0 aromatic heterocycles. The fraction of sp³-hybridized carbons (Fsp3) is 0.562. The number of carbonyl (C=O) groups is 1. The van der Waals surface area contributed by atoms with Gasteiger partial charge < -0.3 is 15.3 Å². The summed E-state index contributed by atoms with van der Waals surface area (Å²) in [6, 6.07) is 3.26. The summed E-state index contributed by atoms with van der Waals surface area (Å²) >= 11 is 0. The zero-order valence-corrected chi connectivity index (χ0v) is 12.5. The summed E-state index contributed by atoms with van der Waals surface area (Å²) in [5.41, 5.74) is -0.730. The predicted octanol–water partition coefficient (Wildman–Crippen LogP) is 2.20. The number of fused-ring (bicyclic) bond motifs is 2. The van der Waals surface area contributed by atoms with Crippen molar-refractivity contribution in [3.05, 3.63) is 35.4 Å². The first kappa shape index (κ1) is 15.2. The first-order valence-electron chi connectivity index (χ1n) is 7.58. The Kier molecular flexibility index (Phi) is 3.80. The standard InChI is InChI=1S/C16H20F2N2O2/c1-19-15(21)20-12-4-5-13(20)9-16(22,8-12)7-10-2-3-11(17)6-14(10)18/h2-3,6,12-13,22H,4-5,7-9H2,1H3,(H,19,21). The molecular formula is C16H20F2N2O2. The Hall–Kier alpha value is -1.69. The summed E-state index contributed by atoms with van der Waals surface area (Å²) in [7, 11) is 1.59. The van der Waals surface area contributed by atoms with Crippen molar-refractivity contribution in [1.82, 2.24) is 10.2 Å². The molecule has 2 heterocycles. The van der Waals surface area contributed by atoms with E-state index in [4.69, 9.17) is 0 Å². The van der Waals surface area contributed by atoms with E-state index in [2.05, 4.69) is 5.32 Å². The van der Waals surface area contributed by atoms with E-state index < -0.39 is 17.2 Å². The topological polar surface area (TPSA) is 52.6 Å². The van der Waals surface area contributed by atoms with Crippen LogP contribution in [0, 0.1) is 11.6 Å². The predicted molar refractivity (Wildman–Crippen MR) is 77.4 cm³/mol. The minimum absolute atomic E-state index is 0.0211. The van der Waals surface area contributed by atoms with Crippen LogP contribution in [0.5, 0.6) is 0 Å². The maximum absolute atomic E-state index is 13.8. The number of urea groups is 1. The van der Waals surface area contributed by atoms with Gasteiger partial charge in [0, 0.05) is 31.6 Å². The van der Waals surface area contributed by atoms with Crippen molar-refractivity contribution in [2.45, 2.75) is 49.8 Å². The summed E-state index contributed by atoms with van der Waals surface area (Å²) in [4.78, 5) is 13.7. The van der Waals surface area contributed by atoms with E-state index in [-0.39, 0.29) is 24.5 Å². The lowest BCUT2D eigenvalue weighted by Crippen LogP contribution is -2.56. The maximum atomic E-state index is 13.8. The highest BCUT2D eigenvalue weighted by Crippen LogP contribution is 2.42. The fourth-order valence-corrected chi connectivity index (χ4v) is 3.95. The van der Waals surface area contributed by atoms with Crippen molar-refractivity contribution in [3.63, 3.8) is 0 Å². The number of nitrogens with one attached hydrogen (secondary N) is 1. The highest BCUT2D eigenvalue weighted by molar-refractivity contribution is 5.75. The monoisotopic (exact) mass is 310 g/mol. The summed E-state index contributed by atoms with van der Waals surface area (Å²) in [5, 5.41) is 13.5. The van der Waals surface area contributed by atoms with Crippen LogP contribution >= 0.6 is 0 Å². The minimum Gasteiger partial charge on any atom is -0.389 e. The molecule has 1 aromatic carbocycles. The molecule has 0 saturated carbocycles. The zero-order chi connectivity index (χ0) is 15.9. The minimum atomic E-state index is -1.05. The van der Waals surface area contributed by atoms with Gasteiger partial charge >= 0.3 is 6.03 Å². The van der Waals surface area contributed by atoms with Crippen LogP contribution < -0.4 is 5.32 Å². The molecule has 0 radical (unpaired) electrons. The van der Waals surface area contributed by atoms with Crippen LogP contribution in [-0.2, 0) is 6.42 Å². The van der Waals surface area contributed by atoms with E-state index in [0.29, 0.717) is 18.4 Å². The molecule has 120 valence electrons. The van der Waals surface area contributed by atoms with E-state index in [0.717, 1.165) is 18.9 Å². The Balaban J connectivity index is 1.77. The molecule has 2 unspecified atom stereocenters. The van der Waals surface area contributed by atoms with Crippen molar-refractivity contribution in [1.29, 1.82) is 0 Å². The maximum Gasteiger partial charge on any atom is 0.317 e. The first-order valence-corrected chi connectivity index (χ1v) is 7.58. The highest BCUT2D eigenvalue weighted by Gasteiger charge is 2.49. The smallest absolute Gasteiger partial charge is 0.317 e. The second-order valence-corrected chi connectivity index (χ2v) is 6.39. The molecule has 2 saturated heterocycles. The Morgan fingerprint density at radius 3 is 2.55 bits per heavy atom. The Bertz CT molecular complexity index is 580. The van der Waals surface area contributed by atoms with E-state index in [1.165, 1.54) is 12.1 Å². The molecule has 2 aliphatic heterocycles. The van der Waals surface area contributed by atoms with Crippen LogP contribution in [0.4, 0.5) is 13.6 Å². The van der Waals surface area contributed by atoms with Crippen LogP contribution in [0.1, 0.15) is 31.2 Å².